The minimum Gasteiger partial charge on any atom is -0.405 e. The predicted molar refractivity (Wildman–Crippen MR) is 167 cm³/mol. The Morgan fingerprint density at radius 3 is 2.31 bits per heavy atom. The average molecular weight is 528 g/mol. The number of allylic oxidation sites excluding steroid dienone is 4. The minimum atomic E-state index is -0.273. The largest absolute Gasteiger partial charge is 0.405 e. The van der Waals surface area contributed by atoms with Crippen molar-refractivity contribution < 1.29 is 4.39 Å². The number of nitrogens with one attached hydrogen (secondary N) is 1. The van der Waals surface area contributed by atoms with Crippen molar-refractivity contribution in [3.05, 3.63) is 107 Å². The number of unbranched alkanes of at least 4 members (excludes halogenated alkanes) is 1. The van der Waals surface area contributed by atoms with E-state index in [1.54, 1.807) is 32.3 Å². The second-order valence-electron chi connectivity index (χ2n) is 9.06. The Kier molecular flexibility index (Phi) is 13.4. The van der Waals surface area contributed by atoms with Crippen LogP contribution in [0, 0.1) is 12.7 Å². The Bertz CT molecular complexity index is 1290. The number of hydrogen-bond acceptors (Lipinski definition) is 4. The van der Waals surface area contributed by atoms with Crippen molar-refractivity contribution in [2.24, 2.45) is 20.7 Å². The molecule has 0 fully saturated rings. The van der Waals surface area contributed by atoms with E-state index in [1.165, 1.54) is 18.3 Å². The summed E-state index contributed by atoms with van der Waals surface area (Å²) >= 11 is 0. The van der Waals surface area contributed by atoms with Gasteiger partial charge in [0.05, 0.1) is 12.3 Å². The van der Waals surface area contributed by atoms with Gasteiger partial charge in [0.2, 0.25) is 0 Å². The number of nitrogens with zero attached hydrogens (tertiary/aromatic N) is 3. The standard InChI is InChI=1S/C33H42FN5/c1-7-9-10-20-38-33(39-23-26(11-8-2)13-12-24(3)36-5)31-22-28(27-14-16-29(34)17-15-27)21-30(25(31)4)32(37-6)18-19-35/h10-22H,7-9,23,35H2,1-6H3,(H,38,39)/b13-12-,19-18-,20-10+,26-11-,36-24?,37-32?. The molecule has 2 aromatic carbocycles. The lowest BCUT2D eigenvalue weighted by Gasteiger charge is -2.17. The number of rotatable bonds is 12. The Morgan fingerprint density at radius 1 is 0.974 bits per heavy atom. The summed E-state index contributed by atoms with van der Waals surface area (Å²) < 4.78 is 13.7. The molecular weight excluding hydrogens is 485 g/mol. The quantitative estimate of drug-likeness (QED) is 0.172. The highest BCUT2D eigenvalue weighted by atomic mass is 19.1. The number of aliphatic imine (C=N–C) groups is 3. The van der Waals surface area contributed by atoms with E-state index in [-0.39, 0.29) is 5.82 Å². The van der Waals surface area contributed by atoms with Crippen LogP contribution in [0.4, 0.5) is 4.39 Å². The molecule has 0 bridgehead atoms. The van der Waals surface area contributed by atoms with E-state index in [2.05, 4.69) is 66.4 Å². The van der Waals surface area contributed by atoms with Gasteiger partial charge in [0, 0.05) is 30.9 Å². The summed E-state index contributed by atoms with van der Waals surface area (Å²) in [6.07, 6.45) is 16.5. The first-order valence-corrected chi connectivity index (χ1v) is 13.4. The summed E-state index contributed by atoms with van der Waals surface area (Å²) in [7, 11) is 3.53. The highest BCUT2D eigenvalue weighted by molar-refractivity contribution is 6.13. The van der Waals surface area contributed by atoms with Gasteiger partial charge in [-0.2, -0.15) is 0 Å². The van der Waals surface area contributed by atoms with Gasteiger partial charge in [-0.05, 0) is 97.8 Å². The number of amidine groups is 1. The maximum atomic E-state index is 13.7. The maximum absolute atomic E-state index is 13.7. The van der Waals surface area contributed by atoms with Gasteiger partial charge < -0.3 is 11.1 Å². The first kappa shape index (κ1) is 31.2. The van der Waals surface area contributed by atoms with E-state index in [0.717, 1.165) is 69.9 Å². The van der Waals surface area contributed by atoms with Gasteiger partial charge in [-0.3, -0.25) is 15.0 Å². The van der Waals surface area contributed by atoms with Gasteiger partial charge >= 0.3 is 0 Å². The van der Waals surface area contributed by atoms with Crippen LogP contribution < -0.4 is 11.1 Å². The van der Waals surface area contributed by atoms with Crippen LogP contribution in [0.5, 0.6) is 0 Å². The fourth-order valence-corrected chi connectivity index (χ4v) is 3.93. The molecule has 0 aliphatic rings. The fourth-order valence-electron chi connectivity index (χ4n) is 3.93. The van der Waals surface area contributed by atoms with Crippen LogP contribution in [0.2, 0.25) is 0 Å². The van der Waals surface area contributed by atoms with Crippen LogP contribution in [0.1, 0.15) is 56.7 Å². The van der Waals surface area contributed by atoms with Gasteiger partial charge in [0.15, 0.2) is 0 Å². The molecule has 39 heavy (non-hydrogen) atoms. The van der Waals surface area contributed by atoms with Gasteiger partial charge in [-0.1, -0.05) is 50.6 Å². The Labute approximate surface area is 233 Å². The molecule has 0 saturated heterocycles. The highest BCUT2D eigenvalue weighted by Gasteiger charge is 2.16. The van der Waals surface area contributed by atoms with Crippen molar-refractivity contribution in [2.75, 3.05) is 20.6 Å². The molecule has 206 valence electrons. The maximum Gasteiger partial charge on any atom is 0.132 e. The van der Waals surface area contributed by atoms with Crippen LogP contribution in [-0.2, 0) is 0 Å². The van der Waals surface area contributed by atoms with Crippen molar-refractivity contribution in [1.82, 2.24) is 5.32 Å². The number of nitrogens with two attached hydrogens (primary N) is 1. The van der Waals surface area contributed by atoms with Gasteiger partial charge in [0.25, 0.3) is 0 Å². The third kappa shape index (κ3) is 9.64. The SMILES string of the molecule is CC/C=C(/C=C\C(C)=NC)CN=C(N/C=C/CCC)c1cc(-c2ccc(F)cc2)cc(C(/C=C\N)=NC)c1C. The van der Waals surface area contributed by atoms with E-state index >= 15 is 0 Å². The summed E-state index contributed by atoms with van der Waals surface area (Å²) in [5, 5.41) is 3.44. The Balaban J connectivity index is 2.74. The summed E-state index contributed by atoms with van der Waals surface area (Å²) in [6, 6.07) is 10.7. The van der Waals surface area contributed by atoms with E-state index in [0.29, 0.717) is 6.54 Å². The van der Waals surface area contributed by atoms with Crippen LogP contribution >= 0.6 is 0 Å². The van der Waals surface area contributed by atoms with Crippen molar-refractivity contribution >= 4 is 17.3 Å². The molecule has 2 rings (SSSR count). The van der Waals surface area contributed by atoms with Crippen molar-refractivity contribution in [3.8, 4) is 11.1 Å². The highest BCUT2D eigenvalue weighted by Crippen LogP contribution is 2.27. The van der Waals surface area contributed by atoms with E-state index in [1.807, 2.05) is 19.2 Å². The van der Waals surface area contributed by atoms with Crippen LogP contribution in [0.25, 0.3) is 11.1 Å². The zero-order chi connectivity index (χ0) is 28.6. The zero-order valence-corrected chi connectivity index (χ0v) is 24.1. The molecule has 0 aliphatic heterocycles. The second-order valence-corrected chi connectivity index (χ2v) is 9.06. The molecule has 0 spiro atoms. The molecular formula is C33H42FN5. The lowest BCUT2D eigenvalue weighted by atomic mass is 9.92. The third-order valence-corrected chi connectivity index (χ3v) is 6.18. The van der Waals surface area contributed by atoms with Crippen LogP contribution in [-0.4, -0.2) is 37.9 Å². The monoisotopic (exact) mass is 527 g/mol. The molecule has 0 aliphatic carbocycles. The smallest absolute Gasteiger partial charge is 0.132 e. The van der Waals surface area contributed by atoms with E-state index in [9.17, 15) is 4.39 Å². The molecule has 0 amide bonds. The van der Waals surface area contributed by atoms with Crippen molar-refractivity contribution in [3.63, 3.8) is 0 Å². The zero-order valence-electron chi connectivity index (χ0n) is 24.1. The molecule has 2 aromatic rings. The van der Waals surface area contributed by atoms with Crippen LogP contribution in [0.3, 0.4) is 0 Å². The van der Waals surface area contributed by atoms with Gasteiger partial charge in [-0.25, -0.2) is 4.39 Å². The molecule has 0 unspecified atom stereocenters. The average Bonchev–Trinajstić information content (AvgIpc) is 2.94. The molecule has 0 atom stereocenters. The van der Waals surface area contributed by atoms with Crippen molar-refractivity contribution in [1.29, 1.82) is 0 Å². The molecule has 3 N–H and O–H groups in total. The van der Waals surface area contributed by atoms with Crippen molar-refractivity contribution in [2.45, 2.75) is 47.0 Å². The topological polar surface area (TPSA) is 75.1 Å². The lowest BCUT2D eigenvalue weighted by molar-refractivity contribution is 0.628. The van der Waals surface area contributed by atoms with Crippen LogP contribution in [0.15, 0.2) is 99.7 Å². The summed E-state index contributed by atoms with van der Waals surface area (Å²) in [5.41, 5.74) is 13.3. The summed E-state index contributed by atoms with van der Waals surface area (Å²) in [6.45, 7) is 8.80. The molecule has 0 saturated carbocycles. The molecule has 0 radical (unpaired) electrons. The fraction of sp³-hybridized carbons (Fsp3) is 0.303. The molecule has 5 nitrogen and oxygen atoms in total. The predicted octanol–water partition coefficient (Wildman–Crippen LogP) is 7.33. The van der Waals surface area contributed by atoms with Gasteiger partial charge in [0.1, 0.15) is 11.7 Å². The van der Waals surface area contributed by atoms with Gasteiger partial charge in [-0.15, -0.1) is 0 Å². The summed E-state index contributed by atoms with van der Waals surface area (Å²) in [5.74, 6) is 0.471. The third-order valence-electron chi connectivity index (χ3n) is 6.18. The van der Waals surface area contributed by atoms with E-state index < -0.39 is 0 Å². The Hall–Kier alpha value is -4.06. The summed E-state index contributed by atoms with van der Waals surface area (Å²) in [4.78, 5) is 13.7. The first-order valence-electron chi connectivity index (χ1n) is 13.4. The molecule has 6 heteroatoms. The Morgan fingerprint density at radius 2 is 1.69 bits per heavy atom. The minimum absolute atomic E-state index is 0.273. The second kappa shape index (κ2) is 16.7. The lowest BCUT2D eigenvalue weighted by Crippen LogP contribution is -2.22. The molecule has 0 heterocycles. The molecule has 0 aromatic heterocycles. The first-order chi connectivity index (χ1) is 18.9. The normalized spacial score (nSPS) is 13.8. The number of halogens is 1. The van der Waals surface area contributed by atoms with E-state index in [4.69, 9.17) is 10.7 Å². The number of benzene rings is 2. The number of hydrogen-bond donors (Lipinski definition) is 2.